The van der Waals surface area contributed by atoms with Gasteiger partial charge in [-0.2, -0.15) is 9.97 Å². The van der Waals surface area contributed by atoms with Crippen LogP contribution in [0.5, 0.6) is 0 Å². The monoisotopic (exact) mass is 262 g/mol. The van der Waals surface area contributed by atoms with Crippen LogP contribution in [0.15, 0.2) is 6.33 Å². The highest BCUT2D eigenvalue weighted by Crippen LogP contribution is 2.21. The van der Waals surface area contributed by atoms with Crippen molar-refractivity contribution in [2.45, 2.75) is 19.9 Å². The molecule has 1 fully saturated rings. The summed E-state index contributed by atoms with van der Waals surface area (Å²) in [6.07, 6.45) is 2.81. The predicted molar refractivity (Wildman–Crippen MR) is 73.1 cm³/mol. The summed E-state index contributed by atoms with van der Waals surface area (Å²) in [6, 6.07) is 0. The van der Waals surface area contributed by atoms with E-state index in [1.54, 1.807) is 6.33 Å². The fraction of sp³-hybridized carbons (Fsp3) is 0.583. The average Bonchev–Trinajstić information content (AvgIpc) is 2.84. The molecule has 1 aliphatic heterocycles. The lowest BCUT2D eigenvalue weighted by atomic mass is 10.4. The molecule has 7 nitrogen and oxygen atoms in total. The Balaban J connectivity index is 2.03. The van der Waals surface area contributed by atoms with E-state index in [9.17, 15) is 0 Å². The molecule has 2 aromatic heterocycles. The first-order valence-electron chi connectivity index (χ1n) is 6.60. The van der Waals surface area contributed by atoms with Crippen LogP contribution in [0.4, 0.5) is 11.8 Å². The Morgan fingerprint density at radius 1 is 1.32 bits per heavy atom. The minimum Gasteiger partial charge on any atom is -0.382 e. The van der Waals surface area contributed by atoms with Crippen molar-refractivity contribution < 1.29 is 4.74 Å². The number of imidazole rings is 1. The number of hydrogen-bond acceptors (Lipinski definition) is 6. The molecule has 7 heteroatoms. The molecule has 1 aliphatic rings. The molecule has 0 atom stereocenters. The lowest BCUT2D eigenvalue weighted by Gasteiger charge is -2.26. The van der Waals surface area contributed by atoms with Crippen molar-refractivity contribution in [2.24, 2.45) is 0 Å². The Morgan fingerprint density at radius 3 is 2.84 bits per heavy atom. The van der Waals surface area contributed by atoms with Crippen molar-refractivity contribution >= 4 is 22.9 Å². The zero-order chi connectivity index (χ0) is 13.2. The fourth-order valence-corrected chi connectivity index (χ4v) is 2.26. The highest BCUT2D eigenvalue weighted by atomic mass is 16.5. The summed E-state index contributed by atoms with van der Waals surface area (Å²) in [5, 5.41) is 0. The number of nitrogens with zero attached hydrogens (tertiary/aromatic N) is 5. The first-order chi connectivity index (χ1) is 9.29. The molecule has 0 aromatic carbocycles. The topological polar surface area (TPSA) is 82.1 Å². The zero-order valence-corrected chi connectivity index (χ0v) is 11.0. The van der Waals surface area contributed by atoms with Crippen LogP contribution < -0.4 is 10.6 Å². The maximum atomic E-state index is 5.99. The second kappa shape index (κ2) is 5.00. The van der Waals surface area contributed by atoms with Crippen LogP contribution in [0.25, 0.3) is 11.2 Å². The predicted octanol–water partition coefficient (Wildman–Crippen LogP) is 0.655. The number of fused-ring (bicyclic) bond motifs is 1. The van der Waals surface area contributed by atoms with Crippen LogP contribution in [0.1, 0.15) is 13.3 Å². The van der Waals surface area contributed by atoms with Crippen molar-refractivity contribution in [3.8, 4) is 0 Å². The first kappa shape index (κ1) is 12.2. The van der Waals surface area contributed by atoms with Gasteiger partial charge in [0.25, 0.3) is 0 Å². The molecule has 2 aromatic rings. The second-order valence-corrected chi connectivity index (χ2v) is 4.62. The van der Waals surface area contributed by atoms with Crippen molar-refractivity contribution in [3.05, 3.63) is 6.33 Å². The van der Waals surface area contributed by atoms with Crippen LogP contribution in [0, 0.1) is 0 Å². The molecule has 0 amide bonds. The maximum Gasteiger partial charge on any atom is 0.229 e. The van der Waals surface area contributed by atoms with Gasteiger partial charge in [0.05, 0.1) is 19.5 Å². The average molecular weight is 262 g/mol. The van der Waals surface area contributed by atoms with E-state index in [0.717, 1.165) is 31.7 Å². The van der Waals surface area contributed by atoms with E-state index in [-0.39, 0.29) is 0 Å². The van der Waals surface area contributed by atoms with Crippen molar-refractivity contribution in [2.75, 3.05) is 36.9 Å². The summed E-state index contributed by atoms with van der Waals surface area (Å²) in [6.45, 7) is 6.01. The number of aromatic nitrogens is 4. The molecule has 0 spiro atoms. The van der Waals surface area contributed by atoms with E-state index in [2.05, 4.69) is 26.8 Å². The Kier molecular flexibility index (Phi) is 3.20. The second-order valence-electron chi connectivity index (χ2n) is 4.62. The van der Waals surface area contributed by atoms with Gasteiger partial charge in [0.2, 0.25) is 5.95 Å². The Morgan fingerprint density at radius 2 is 2.11 bits per heavy atom. The smallest absolute Gasteiger partial charge is 0.229 e. The van der Waals surface area contributed by atoms with Crippen LogP contribution in [-0.2, 0) is 11.3 Å². The number of nitrogen functional groups attached to an aromatic ring is 1. The highest BCUT2D eigenvalue weighted by Gasteiger charge is 2.17. The molecule has 0 unspecified atom stereocenters. The van der Waals surface area contributed by atoms with Crippen LogP contribution in [-0.4, -0.2) is 45.8 Å². The first-order valence-corrected chi connectivity index (χ1v) is 6.60. The molecule has 2 N–H and O–H groups in total. The van der Waals surface area contributed by atoms with Gasteiger partial charge in [-0.1, -0.05) is 6.92 Å². The number of aryl methyl sites for hydroxylation is 1. The molecule has 0 bridgehead atoms. The van der Waals surface area contributed by atoms with E-state index >= 15 is 0 Å². The molecule has 1 saturated heterocycles. The third-order valence-corrected chi connectivity index (χ3v) is 3.24. The summed E-state index contributed by atoms with van der Waals surface area (Å²) in [5.74, 6) is 1.12. The Hall–Kier alpha value is -1.89. The zero-order valence-electron chi connectivity index (χ0n) is 11.0. The Bertz CT molecular complexity index is 575. The van der Waals surface area contributed by atoms with Gasteiger partial charge in [-0.3, -0.25) is 0 Å². The minimum atomic E-state index is 0.446. The third-order valence-electron chi connectivity index (χ3n) is 3.24. The van der Waals surface area contributed by atoms with E-state index in [1.807, 2.05) is 4.57 Å². The minimum absolute atomic E-state index is 0.446. The van der Waals surface area contributed by atoms with Gasteiger partial charge < -0.3 is 19.9 Å². The summed E-state index contributed by atoms with van der Waals surface area (Å²) >= 11 is 0. The molecule has 19 heavy (non-hydrogen) atoms. The largest absolute Gasteiger partial charge is 0.382 e. The van der Waals surface area contributed by atoms with Gasteiger partial charge in [-0.15, -0.1) is 0 Å². The van der Waals surface area contributed by atoms with Gasteiger partial charge in [-0.05, 0) is 6.42 Å². The number of nitrogens with two attached hydrogens (primary N) is 1. The molecule has 3 heterocycles. The number of anilines is 2. The maximum absolute atomic E-state index is 5.99. The molecule has 0 saturated carbocycles. The van der Waals surface area contributed by atoms with Gasteiger partial charge in [0.15, 0.2) is 11.5 Å². The fourth-order valence-electron chi connectivity index (χ4n) is 2.26. The number of rotatable bonds is 3. The summed E-state index contributed by atoms with van der Waals surface area (Å²) < 4.78 is 7.37. The number of hydrogen-bond donors (Lipinski definition) is 1. The van der Waals surface area contributed by atoms with E-state index in [0.29, 0.717) is 30.5 Å². The van der Waals surface area contributed by atoms with Crippen molar-refractivity contribution in [1.29, 1.82) is 0 Å². The van der Waals surface area contributed by atoms with Gasteiger partial charge in [-0.25, -0.2) is 4.98 Å². The SMILES string of the molecule is CCCn1cnc2c(N)nc(N3CCOCC3)nc21. The lowest BCUT2D eigenvalue weighted by molar-refractivity contribution is 0.122. The standard InChI is InChI=1S/C12H18N6O/c1-2-3-18-8-14-9-10(13)15-12(16-11(9)18)17-4-6-19-7-5-17/h8H,2-7H2,1H3,(H2,13,15,16). The van der Waals surface area contributed by atoms with Crippen molar-refractivity contribution in [3.63, 3.8) is 0 Å². The van der Waals surface area contributed by atoms with E-state index < -0.39 is 0 Å². The highest BCUT2D eigenvalue weighted by molar-refractivity contribution is 5.82. The van der Waals surface area contributed by atoms with E-state index in [1.165, 1.54) is 0 Å². The van der Waals surface area contributed by atoms with E-state index in [4.69, 9.17) is 10.5 Å². The van der Waals surface area contributed by atoms with Crippen molar-refractivity contribution in [1.82, 2.24) is 19.5 Å². The molecule has 3 rings (SSSR count). The quantitative estimate of drug-likeness (QED) is 0.874. The molecule has 102 valence electrons. The molecule has 0 radical (unpaired) electrons. The van der Waals surface area contributed by atoms with Crippen LogP contribution in [0.3, 0.4) is 0 Å². The summed E-state index contributed by atoms with van der Waals surface area (Å²) in [4.78, 5) is 15.4. The normalized spacial score (nSPS) is 16.2. The third kappa shape index (κ3) is 2.21. The van der Waals surface area contributed by atoms with Gasteiger partial charge in [0.1, 0.15) is 5.52 Å². The van der Waals surface area contributed by atoms with Crippen LogP contribution in [0.2, 0.25) is 0 Å². The Labute approximate surface area is 111 Å². The van der Waals surface area contributed by atoms with Gasteiger partial charge >= 0.3 is 0 Å². The molecular formula is C12H18N6O. The van der Waals surface area contributed by atoms with Crippen LogP contribution >= 0.6 is 0 Å². The lowest BCUT2D eigenvalue weighted by Crippen LogP contribution is -2.37. The molecule has 0 aliphatic carbocycles. The summed E-state index contributed by atoms with van der Waals surface area (Å²) in [7, 11) is 0. The summed E-state index contributed by atoms with van der Waals surface area (Å²) in [5.41, 5.74) is 7.49. The van der Waals surface area contributed by atoms with Gasteiger partial charge in [0, 0.05) is 19.6 Å². The molecular weight excluding hydrogens is 244 g/mol. The number of morpholine rings is 1. The number of ether oxygens (including phenoxy) is 1.